The minimum Gasteiger partial charge on any atom is -0.489 e. The summed E-state index contributed by atoms with van der Waals surface area (Å²) in [5, 5.41) is 6.38. The van der Waals surface area contributed by atoms with Crippen LogP contribution in [0.15, 0.2) is 22.7 Å². The molecule has 2 saturated heterocycles. The van der Waals surface area contributed by atoms with Gasteiger partial charge < -0.3 is 21.1 Å². The van der Waals surface area contributed by atoms with E-state index in [1.165, 1.54) is 12.0 Å². The third-order valence-corrected chi connectivity index (χ3v) is 6.36. The molecule has 1 aromatic carbocycles. The normalized spacial score (nSPS) is 21.3. The average molecular weight is 480 g/mol. The van der Waals surface area contributed by atoms with E-state index in [4.69, 9.17) is 10.5 Å². The lowest BCUT2D eigenvalue weighted by Gasteiger charge is -2.24. The van der Waals surface area contributed by atoms with E-state index in [-0.39, 0.29) is 29.9 Å². The topological polar surface area (TPSA) is 96.7 Å². The number of hydrogen-bond donors (Lipinski definition) is 3. The molecule has 4 N–H and O–H groups in total. The molecule has 7 nitrogen and oxygen atoms in total. The summed E-state index contributed by atoms with van der Waals surface area (Å²) in [5.41, 5.74) is 6.45. The van der Waals surface area contributed by atoms with Crippen molar-refractivity contribution in [1.29, 1.82) is 0 Å². The smallest absolute Gasteiger partial charge is 0.224 e. The maximum atomic E-state index is 12.1. The quantitative estimate of drug-likeness (QED) is 0.503. The first kappa shape index (κ1) is 23.0. The third-order valence-electron chi connectivity index (χ3n) is 5.74. The predicted octanol–water partition coefficient (Wildman–Crippen LogP) is 1.99. The Morgan fingerprint density at radius 1 is 1.37 bits per heavy atom. The molecule has 0 unspecified atom stereocenters. The first-order valence-corrected chi connectivity index (χ1v) is 11.5. The number of piperidine rings is 1. The van der Waals surface area contributed by atoms with Crippen LogP contribution in [0.5, 0.6) is 5.75 Å². The molecule has 2 aliphatic rings. The molecule has 3 rings (SSSR count). The van der Waals surface area contributed by atoms with Gasteiger partial charge in [-0.05, 0) is 72.4 Å². The van der Waals surface area contributed by atoms with Crippen molar-refractivity contribution in [3.63, 3.8) is 0 Å². The molecule has 0 spiro atoms. The van der Waals surface area contributed by atoms with Crippen molar-refractivity contribution in [3.05, 3.63) is 34.7 Å². The van der Waals surface area contributed by atoms with Gasteiger partial charge in [0.05, 0.1) is 10.9 Å². The Labute approximate surface area is 187 Å². The van der Waals surface area contributed by atoms with Gasteiger partial charge in [-0.15, -0.1) is 0 Å². The van der Waals surface area contributed by atoms with Gasteiger partial charge in [-0.3, -0.25) is 14.5 Å². The van der Waals surface area contributed by atoms with E-state index >= 15 is 0 Å². The number of likely N-dealkylation sites (tertiary alicyclic amines) is 1. The van der Waals surface area contributed by atoms with Crippen molar-refractivity contribution in [3.8, 4) is 5.75 Å². The number of primary amides is 1. The SMILES string of the molecule is C[C@@H](C[CH]C(=O)N[C@H]1CCN(Cc2ccc(OC3CCNCC3)c(Br)c2)C1)C(N)=O. The Hall–Kier alpha value is -1.64. The zero-order chi connectivity index (χ0) is 21.5. The van der Waals surface area contributed by atoms with Crippen LogP contribution in [0.2, 0.25) is 0 Å². The van der Waals surface area contributed by atoms with Crippen LogP contribution in [0.25, 0.3) is 0 Å². The van der Waals surface area contributed by atoms with Gasteiger partial charge in [0.2, 0.25) is 11.8 Å². The van der Waals surface area contributed by atoms with Gasteiger partial charge in [-0.1, -0.05) is 13.0 Å². The minimum atomic E-state index is -0.385. The monoisotopic (exact) mass is 479 g/mol. The van der Waals surface area contributed by atoms with Crippen molar-refractivity contribution in [2.24, 2.45) is 11.7 Å². The minimum absolute atomic E-state index is 0.128. The fourth-order valence-electron chi connectivity index (χ4n) is 3.84. The molecule has 0 aromatic heterocycles. The Morgan fingerprint density at radius 3 is 2.83 bits per heavy atom. The molecular weight excluding hydrogens is 448 g/mol. The number of amides is 2. The molecule has 30 heavy (non-hydrogen) atoms. The van der Waals surface area contributed by atoms with E-state index in [1.807, 2.05) is 6.07 Å². The summed E-state index contributed by atoms with van der Waals surface area (Å²) in [6, 6.07) is 6.42. The molecule has 0 bridgehead atoms. The molecule has 1 radical (unpaired) electrons. The molecule has 8 heteroatoms. The fraction of sp³-hybridized carbons (Fsp3) is 0.591. The lowest BCUT2D eigenvalue weighted by Crippen LogP contribution is -2.37. The van der Waals surface area contributed by atoms with Crippen LogP contribution in [0.1, 0.15) is 38.2 Å². The van der Waals surface area contributed by atoms with Gasteiger partial charge >= 0.3 is 0 Å². The second-order valence-corrected chi connectivity index (χ2v) is 9.16. The molecule has 2 aliphatic heterocycles. The van der Waals surface area contributed by atoms with Crippen LogP contribution >= 0.6 is 15.9 Å². The van der Waals surface area contributed by atoms with E-state index in [0.717, 1.165) is 62.2 Å². The Bertz CT molecular complexity index is 739. The highest BCUT2D eigenvalue weighted by molar-refractivity contribution is 9.10. The van der Waals surface area contributed by atoms with Crippen molar-refractivity contribution in [2.45, 2.75) is 51.3 Å². The van der Waals surface area contributed by atoms with Crippen LogP contribution in [-0.4, -0.2) is 55.0 Å². The van der Waals surface area contributed by atoms with Crippen LogP contribution < -0.4 is 21.1 Å². The van der Waals surface area contributed by atoms with Gasteiger partial charge in [0.25, 0.3) is 0 Å². The van der Waals surface area contributed by atoms with Crippen molar-refractivity contribution in [2.75, 3.05) is 26.2 Å². The van der Waals surface area contributed by atoms with E-state index in [0.29, 0.717) is 6.42 Å². The fourth-order valence-corrected chi connectivity index (χ4v) is 4.36. The van der Waals surface area contributed by atoms with E-state index in [2.05, 4.69) is 43.6 Å². The molecule has 0 saturated carbocycles. The summed E-state index contributed by atoms with van der Waals surface area (Å²) in [4.78, 5) is 25.5. The first-order chi connectivity index (χ1) is 14.4. The predicted molar refractivity (Wildman–Crippen MR) is 120 cm³/mol. The second kappa shape index (κ2) is 11.1. The van der Waals surface area contributed by atoms with Gasteiger partial charge in [0.1, 0.15) is 11.9 Å². The number of nitrogens with zero attached hydrogens (tertiary/aromatic N) is 1. The molecule has 2 heterocycles. The van der Waals surface area contributed by atoms with Crippen LogP contribution in [0.3, 0.4) is 0 Å². The highest BCUT2D eigenvalue weighted by atomic mass is 79.9. The van der Waals surface area contributed by atoms with Gasteiger partial charge in [-0.25, -0.2) is 0 Å². The lowest BCUT2D eigenvalue weighted by atomic mass is 10.0. The van der Waals surface area contributed by atoms with E-state index in [1.54, 1.807) is 6.92 Å². The summed E-state index contributed by atoms with van der Waals surface area (Å²) in [6.45, 7) is 6.33. The van der Waals surface area contributed by atoms with Crippen molar-refractivity contribution < 1.29 is 14.3 Å². The molecule has 2 fully saturated rings. The summed E-state index contributed by atoms with van der Waals surface area (Å²) in [7, 11) is 0. The van der Waals surface area contributed by atoms with Crippen LogP contribution in [-0.2, 0) is 16.1 Å². The number of rotatable bonds is 9. The molecule has 1 aromatic rings. The Morgan fingerprint density at radius 2 is 2.13 bits per heavy atom. The zero-order valence-corrected chi connectivity index (χ0v) is 19.1. The maximum absolute atomic E-state index is 12.1. The average Bonchev–Trinajstić information content (AvgIpc) is 3.15. The highest BCUT2D eigenvalue weighted by Crippen LogP contribution is 2.29. The number of hydrogen-bond acceptors (Lipinski definition) is 5. The van der Waals surface area contributed by atoms with E-state index < -0.39 is 0 Å². The molecule has 2 amide bonds. The van der Waals surface area contributed by atoms with Gasteiger partial charge in [-0.2, -0.15) is 0 Å². The lowest BCUT2D eigenvalue weighted by molar-refractivity contribution is -0.121. The number of ether oxygens (including phenoxy) is 1. The molecule has 0 aliphatic carbocycles. The molecule has 2 atom stereocenters. The maximum Gasteiger partial charge on any atom is 0.224 e. The van der Waals surface area contributed by atoms with E-state index in [9.17, 15) is 9.59 Å². The highest BCUT2D eigenvalue weighted by Gasteiger charge is 2.24. The number of halogens is 1. The number of carbonyl (C=O) groups is 2. The van der Waals surface area contributed by atoms with Gasteiger partial charge in [0, 0.05) is 31.6 Å². The zero-order valence-electron chi connectivity index (χ0n) is 17.5. The largest absolute Gasteiger partial charge is 0.489 e. The Kier molecular flexibility index (Phi) is 8.53. The number of nitrogens with two attached hydrogens (primary N) is 1. The number of carbonyl (C=O) groups excluding carboxylic acids is 2. The number of nitrogens with one attached hydrogen (secondary N) is 2. The summed E-state index contributed by atoms with van der Waals surface area (Å²) < 4.78 is 7.13. The third kappa shape index (κ3) is 6.96. The van der Waals surface area contributed by atoms with Crippen molar-refractivity contribution in [1.82, 2.24) is 15.5 Å². The molecular formula is C22H32BrN4O3. The van der Waals surface area contributed by atoms with Crippen LogP contribution in [0, 0.1) is 12.3 Å². The number of benzene rings is 1. The van der Waals surface area contributed by atoms with Crippen molar-refractivity contribution >= 4 is 27.7 Å². The standard InChI is InChI=1S/C22H32BrN4O3/c1-15(22(24)29)2-5-21(28)26-17-8-11-27(14-17)13-16-3-4-20(19(23)12-16)30-18-6-9-25-10-7-18/h3-5,12,15,17-18,25H,2,6-11,13-14H2,1H3,(H2,24,29)(H,26,28)/t15-,17-/m0/s1. The first-order valence-electron chi connectivity index (χ1n) is 10.7. The molecule has 165 valence electrons. The second-order valence-electron chi connectivity index (χ2n) is 8.30. The summed E-state index contributed by atoms with van der Waals surface area (Å²) >= 11 is 3.65. The summed E-state index contributed by atoms with van der Waals surface area (Å²) in [5.74, 6) is 0.0653. The van der Waals surface area contributed by atoms with Gasteiger partial charge in [0.15, 0.2) is 0 Å². The van der Waals surface area contributed by atoms with Crippen LogP contribution in [0.4, 0.5) is 0 Å². The Balaban J connectivity index is 1.43. The summed E-state index contributed by atoms with van der Waals surface area (Å²) in [6.07, 6.45) is 5.16.